The third-order valence-corrected chi connectivity index (χ3v) is 4.22. The summed E-state index contributed by atoms with van der Waals surface area (Å²) in [6.07, 6.45) is 3.66. The van der Waals surface area contributed by atoms with Crippen molar-refractivity contribution in [1.29, 1.82) is 0 Å². The number of hydrogen-bond acceptors (Lipinski definition) is 2. The number of rotatable bonds is 3. The summed E-state index contributed by atoms with van der Waals surface area (Å²) >= 11 is 0. The molecule has 0 fully saturated rings. The molecule has 3 nitrogen and oxygen atoms in total. The van der Waals surface area contributed by atoms with Gasteiger partial charge in [0.1, 0.15) is 0 Å². The van der Waals surface area contributed by atoms with Crippen molar-refractivity contribution in [3.8, 4) is 0 Å². The molecule has 3 heteroatoms. The third kappa shape index (κ3) is 3.60. The molecule has 0 aliphatic heterocycles. The van der Waals surface area contributed by atoms with Crippen LogP contribution in [0.15, 0.2) is 24.3 Å². The zero-order chi connectivity index (χ0) is 14.8. The van der Waals surface area contributed by atoms with Gasteiger partial charge in [0.25, 0.3) is 0 Å². The molecule has 0 bridgehead atoms. The van der Waals surface area contributed by atoms with Crippen LogP contribution < -0.4 is 11.1 Å². The molecule has 0 saturated carbocycles. The smallest absolute Gasteiger partial charge is 0.222 e. The maximum Gasteiger partial charge on any atom is 0.222 e. The Morgan fingerprint density at radius 2 is 2.10 bits per heavy atom. The minimum atomic E-state index is -0.110. The molecule has 0 aromatic heterocycles. The molecule has 1 aliphatic carbocycles. The van der Waals surface area contributed by atoms with Crippen LogP contribution in [0.2, 0.25) is 0 Å². The Morgan fingerprint density at radius 1 is 1.40 bits per heavy atom. The number of hydrogen-bond donors (Lipinski definition) is 2. The molecule has 1 aliphatic rings. The quantitative estimate of drug-likeness (QED) is 0.890. The van der Waals surface area contributed by atoms with Gasteiger partial charge in [0, 0.05) is 12.5 Å². The summed E-state index contributed by atoms with van der Waals surface area (Å²) in [4.78, 5) is 12.2. The highest BCUT2D eigenvalue weighted by atomic mass is 16.1. The number of carbonyl (C=O) groups is 1. The van der Waals surface area contributed by atoms with E-state index >= 15 is 0 Å². The van der Waals surface area contributed by atoms with Gasteiger partial charge in [-0.25, -0.2) is 0 Å². The SMILES string of the molecule is CC(C)(C)C(N)CC(=O)NC1CCCc2ccccc21. The second kappa shape index (κ2) is 5.96. The van der Waals surface area contributed by atoms with E-state index in [-0.39, 0.29) is 23.4 Å². The highest BCUT2D eigenvalue weighted by Gasteiger charge is 2.26. The highest BCUT2D eigenvalue weighted by molar-refractivity contribution is 5.77. The van der Waals surface area contributed by atoms with E-state index in [4.69, 9.17) is 5.73 Å². The van der Waals surface area contributed by atoms with Crippen LogP contribution in [0.25, 0.3) is 0 Å². The number of fused-ring (bicyclic) bond motifs is 1. The Balaban J connectivity index is 1.99. The van der Waals surface area contributed by atoms with Gasteiger partial charge in [-0.15, -0.1) is 0 Å². The average molecular weight is 274 g/mol. The van der Waals surface area contributed by atoms with Gasteiger partial charge < -0.3 is 11.1 Å². The monoisotopic (exact) mass is 274 g/mol. The molecule has 0 spiro atoms. The fraction of sp³-hybridized carbons (Fsp3) is 0.588. The second-order valence-corrected chi connectivity index (χ2v) is 6.89. The predicted octanol–water partition coefficient (Wildman–Crippen LogP) is 2.94. The Bertz CT molecular complexity index is 476. The van der Waals surface area contributed by atoms with Crippen LogP contribution in [0.4, 0.5) is 0 Å². The van der Waals surface area contributed by atoms with E-state index in [0.717, 1.165) is 19.3 Å². The van der Waals surface area contributed by atoms with Gasteiger partial charge in [-0.2, -0.15) is 0 Å². The standard InChI is InChI=1S/C17H26N2O/c1-17(2,3)15(18)11-16(20)19-14-10-6-8-12-7-4-5-9-13(12)14/h4-5,7,9,14-15H,6,8,10-11,18H2,1-3H3,(H,19,20). The van der Waals surface area contributed by atoms with Crippen molar-refractivity contribution in [3.63, 3.8) is 0 Å². The number of amides is 1. The predicted molar refractivity (Wildman–Crippen MR) is 82.3 cm³/mol. The lowest BCUT2D eigenvalue weighted by molar-refractivity contribution is -0.122. The normalized spacial score (nSPS) is 20.1. The van der Waals surface area contributed by atoms with Crippen LogP contribution in [0, 0.1) is 5.41 Å². The third-order valence-electron chi connectivity index (χ3n) is 4.22. The van der Waals surface area contributed by atoms with E-state index in [0.29, 0.717) is 6.42 Å². The fourth-order valence-corrected chi connectivity index (χ4v) is 2.66. The van der Waals surface area contributed by atoms with Crippen molar-refractivity contribution in [2.24, 2.45) is 11.1 Å². The lowest BCUT2D eigenvalue weighted by atomic mass is 9.84. The summed E-state index contributed by atoms with van der Waals surface area (Å²) in [5, 5.41) is 3.16. The van der Waals surface area contributed by atoms with Crippen molar-refractivity contribution in [3.05, 3.63) is 35.4 Å². The van der Waals surface area contributed by atoms with E-state index in [2.05, 4.69) is 44.3 Å². The number of carbonyl (C=O) groups excluding carboxylic acids is 1. The second-order valence-electron chi connectivity index (χ2n) is 6.89. The van der Waals surface area contributed by atoms with E-state index in [1.165, 1.54) is 11.1 Å². The zero-order valence-electron chi connectivity index (χ0n) is 12.8. The first kappa shape index (κ1) is 15.0. The Morgan fingerprint density at radius 3 is 2.80 bits per heavy atom. The van der Waals surface area contributed by atoms with Crippen molar-refractivity contribution in [2.45, 2.75) is 58.5 Å². The number of nitrogens with one attached hydrogen (secondary N) is 1. The Kier molecular flexibility index (Phi) is 4.48. The number of nitrogens with two attached hydrogens (primary N) is 1. The molecule has 2 unspecified atom stereocenters. The minimum Gasteiger partial charge on any atom is -0.349 e. The van der Waals surface area contributed by atoms with Gasteiger partial charge in [-0.1, -0.05) is 45.0 Å². The summed E-state index contributed by atoms with van der Waals surface area (Å²) < 4.78 is 0. The molecule has 20 heavy (non-hydrogen) atoms. The first-order valence-corrected chi connectivity index (χ1v) is 7.50. The maximum atomic E-state index is 12.2. The van der Waals surface area contributed by atoms with Crippen molar-refractivity contribution >= 4 is 5.91 Å². The van der Waals surface area contributed by atoms with E-state index < -0.39 is 0 Å². The molecule has 2 rings (SSSR count). The number of aryl methyl sites for hydroxylation is 1. The van der Waals surface area contributed by atoms with E-state index in [1.807, 2.05) is 6.07 Å². The summed E-state index contributed by atoms with van der Waals surface area (Å²) in [5.41, 5.74) is 8.69. The molecule has 1 aromatic rings. The summed E-state index contributed by atoms with van der Waals surface area (Å²) in [6.45, 7) is 6.21. The van der Waals surface area contributed by atoms with Gasteiger partial charge in [-0.3, -0.25) is 4.79 Å². The summed E-state index contributed by atoms with van der Waals surface area (Å²) in [7, 11) is 0. The van der Waals surface area contributed by atoms with Gasteiger partial charge in [0.2, 0.25) is 5.91 Å². The van der Waals surface area contributed by atoms with Gasteiger partial charge >= 0.3 is 0 Å². The molecule has 0 saturated heterocycles. The maximum absolute atomic E-state index is 12.2. The van der Waals surface area contributed by atoms with Crippen molar-refractivity contribution < 1.29 is 4.79 Å². The lowest BCUT2D eigenvalue weighted by Gasteiger charge is -2.29. The van der Waals surface area contributed by atoms with Gasteiger partial charge in [0.05, 0.1) is 6.04 Å². The molecule has 1 amide bonds. The molecule has 2 atom stereocenters. The Hall–Kier alpha value is -1.35. The van der Waals surface area contributed by atoms with Crippen LogP contribution >= 0.6 is 0 Å². The highest BCUT2D eigenvalue weighted by Crippen LogP contribution is 2.29. The van der Waals surface area contributed by atoms with E-state index in [1.54, 1.807) is 0 Å². The largest absolute Gasteiger partial charge is 0.349 e. The van der Waals surface area contributed by atoms with Gasteiger partial charge in [-0.05, 0) is 35.8 Å². The summed E-state index contributed by atoms with van der Waals surface area (Å²) in [6, 6.07) is 8.45. The van der Waals surface area contributed by atoms with Crippen LogP contribution in [0.1, 0.15) is 57.2 Å². The first-order chi connectivity index (χ1) is 9.38. The minimum absolute atomic E-state index is 0.0399. The number of benzene rings is 1. The molecule has 110 valence electrons. The van der Waals surface area contributed by atoms with Crippen LogP contribution in [-0.4, -0.2) is 11.9 Å². The lowest BCUT2D eigenvalue weighted by Crippen LogP contribution is -2.41. The first-order valence-electron chi connectivity index (χ1n) is 7.50. The molecule has 1 aromatic carbocycles. The molecule has 0 radical (unpaired) electrons. The van der Waals surface area contributed by atoms with Crippen molar-refractivity contribution in [1.82, 2.24) is 5.32 Å². The fourth-order valence-electron chi connectivity index (χ4n) is 2.66. The molecular formula is C17H26N2O. The topological polar surface area (TPSA) is 55.1 Å². The zero-order valence-corrected chi connectivity index (χ0v) is 12.8. The van der Waals surface area contributed by atoms with Crippen LogP contribution in [-0.2, 0) is 11.2 Å². The van der Waals surface area contributed by atoms with Gasteiger partial charge in [0.15, 0.2) is 0 Å². The average Bonchev–Trinajstić information content (AvgIpc) is 2.38. The van der Waals surface area contributed by atoms with Crippen molar-refractivity contribution in [2.75, 3.05) is 0 Å². The summed E-state index contributed by atoms with van der Waals surface area (Å²) in [5.74, 6) is 0.0640. The van der Waals surface area contributed by atoms with E-state index in [9.17, 15) is 4.79 Å². The molecule has 0 heterocycles. The molecular weight excluding hydrogens is 248 g/mol. The van der Waals surface area contributed by atoms with Crippen LogP contribution in [0.5, 0.6) is 0 Å². The van der Waals surface area contributed by atoms with Crippen LogP contribution in [0.3, 0.4) is 0 Å². The Labute approximate surface area is 121 Å². The molecule has 3 N–H and O–H groups in total.